The molecule has 0 radical (unpaired) electrons. The number of aryl methyl sites for hydroxylation is 1. The molecule has 0 bridgehead atoms. The van der Waals surface area contributed by atoms with Crippen LogP contribution in [0.25, 0.3) is 11.4 Å². The topological polar surface area (TPSA) is 31.9 Å². The minimum Gasteiger partial charge on any atom is -0.340 e. The third-order valence-electron chi connectivity index (χ3n) is 6.97. The summed E-state index contributed by atoms with van der Waals surface area (Å²) >= 11 is 12.9. The lowest BCUT2D eigenvalue weighted by Gasteiger charge is -2.37. The molecule has 32 heavy (non-hydrogen) atoms. The van der Waals surface area contributed by atoms with Crippen LogP contribution in [0.2, 0.25) is 10.0 Å². The van der Waals surface area contributed by atoms with Crippen molar-refractivity contribution >= 4 is 23.2 Å². The zero-order chi connectivity index (χ0) is 21.7. The monoisotopic (exact) mass is 461 g/mol. The number of imidazole rings is 1. The summed E-state index contributed by atoms with van der Waals surface area (Å²) in [5.41, 5.74) is 7.17. The first kappa shape index (κ1) is 20.4. The van der Waals surface area contributed by atoms with Crippen LogP contribution in [0.15, 0.2) is 36.4 Å². The molecule has 1 N–H and O–H groups in total. The number of halogens is 2. The fraction of sp³-hybridized carbons (Fsp3) is 0.370. The second-order valence-electron chi connectivity index (χ2n) is 9.28. The van der Waals surface area contributed by atoms with Crippen LogP contribution in [0, 0.1) is 17.8 Å². The second kappa shape index (κ2) is 8.27. The Morgan fingerprint density at radius 3 is 2.75 bits per heavy atom. The highest BCUT2D eigenvalue weighted by atomic mass is 35.5. The van der Waals surface area contributed by atoms with Crippen molar-refractivity contribution in [1.29, 1.82) is 0 Å². The number of fused-ring (bicyclic) bond motifs is 2. The van der Waals surface area contributed by atoms with Gasteiger partial charge in [0.2, 0.25) is 0 Å². The summed E-state index contributed by atoms with van der Waals surface area (Å²) in [5.74, 6) is 8.00. The highest BCUT2D eigenvalue weighted by molar-refractivity contribution is 6.33. The van der Waals surface area contributed by atoms with Gasteiger partial charge in [-0.1, -0.05) is 41.1 Å². The van der Waals surface area contributed by atoms with Crippen LogP contribution in [0.3, 0.4) is 0 Å². The maximum absolute atomic E-state index is 6.62. The molecule has 1 aromatic heterocycles. The van der Waals surface area contributed by atoms with Gasteiger partial charge in [-0.2, -0.15) is 0 Å². The first-order valence-electron chi connectivity index (χ1n) is 11.5. The van der Waals surface area contributed by atoms with E-state index in [0.29, 0.717) is 17.0 Å². The summed E-state index contributed by atoms with van der Waals surface area (Å²) in [4.78, 5) is 11.1. The Morgan fingerprint density at radius 1 is 1.00 bits per heavy atom. The van der Waals surface area contributed by atoms with Crippen LogP contribution in [0.1, 0.15) is 47.3 Å². The molecule has 6 rings (SSSR count). The van der Waals surface area contributed by atoms with E-state index in [9.17, 15) is 0 Å². The van der Waals surface area contributed by atoms with Gasteiger partial charge in [0.25, 0.3) is 0 Å². The Balaban J connectivity index is 1.19. The molecule has 1 fully saturated rings. The van der Waals surface area contributed by atoms with Gasteiger partial charge in [-0.15, -0.1) is 0 Å². The summed E-state index contributed by atoms with van der Waals surface area (Å²) in [6.07, 6.45) is 6.82. The average molecular weight is 462 g/mol. The standard InChI is InChI=1S/C27H25Cl2N3/c28-21-8-6-19-7-9-22(15-20(19)14-21)32-12-11-25-26(16-32)31-27(30-25)23-10-5-18(13-24(23)29)4-3-17-1-2-17/h5-6,8,10,13-14,17,22H,1-2,7,9,11-12,15-16H2,(H,30,31)/t22-/m1/s1. The lowest BCUT2D eigenvalue weighted by Crippen LogP contribution is -2.42. The molecule has 2 aromatic carbocycles. The zero-order valence-corrected chi connectivity index (χ0v) is 19.4. The molecule has 2 aliphatic carbocycles. The van der Waals surface area contributed by atoms with Gasteiger partial charge in [0.1, 0.15) is 5.82 Å². The number of benzene rings is 2. The maximum atomic E-state index is 6.62. The van der Waals surface area contributed by atoms with Gasteiger partial charge in [-0.05, 0) is 73.6 Å². The van der Waals surface area contributed by atoms with E-state index in [1.807, 2.05) is 18.2 Å². The van der Waals surface area contributed by atoms with Crippen molar-refractivity contribution in [3.63, 3.8) is 0 Å². The summed E-state index contributed by atoms with van der Waals surface area (Å²) in [7, 11) is 0. The number of nitrogens with zero attached hydrogens (tertiary/aromatic N) is 2. The number of nitrogens with one attached hydrogen (secondary N) is 1. The van der Waals surface area contributed by atoms with Crippen molar-refractivity contribution in [2.75, 3.05) is 6.54 Å². The minimum atomic E-state index is 0.550. The van der Waals surface area contributed by atoms with Crippen molar-refractivity contribution in [2.24, 2.45) is 5.92 Å². The quantitative estimate of drug-likeness (QED) is 0.470. The molecule has 0 spiro atoms. The fourth-order valence-corrected chi connectivity index (χ4v) is 5.43. The highest BCUT2D eigenvalue weighted by Gasteiger charge is 2.29. The maximum Gasteiger partial charge on any atom is 0.139 e. The Bertz CT molecular complexity index is 1250. The highest BCUT2D eigenvalue weighted by Crippen LogP contribution is 2.33. The second-order valence-corrected chi connectivity index (χ2v) is 10.1. The van der Waals surface area contributed by atoms with Gasteiger partial charge in [0.05, 0.1) is 16.4 Å². The Morgan fingerprint density at radius 2 is 1.91 bits per heavy atom. The number of rotatable bonds is 2. The smallest absolute Gasteiger partial charge is 0.139 e. The molecule has 2 heterocycles. The lowest BCUT2D eigenvalue weighted by atomic mass is 9.87. The summed E-state index contributed by atoms with van der Waals surface area (Å²) < 4.78 is 0. The van der Waals surface area contributed by atoms with Gasteiger partial charge in [0.15, 0.2) is 0 Å². The molecule has 3 aliphatic rings. The molecule has 1 saturated carbocycles. The van der Waals surface area contributed by atoms with Crippen LogP contribution < -0.4 is 0 Å². The molecule has 0 saturated heterocycles. The van der Waals surface area contributed by atoms with Gasteiger partial charge in [0, 0.05) is 47.6 Å². The van der Waals surface area contributed by atoms with Crippen LogP contribution >= 0.6 is 23.2 Å². The molecule has 162 valence electrons. The minimum absolute atomic E-state index is 0.550. The van der Waals surface area contributed by atoms with Crippen LogP contribution in [-0.2, 0) is 25.8 Å². The van der Waals surface area contributed by atoms with E-state index in [1.165, 1.54) is 41.8 Å². The van der Waals surface area contributed by atoms with Crippen molar-refractivity contribution in [3.8, 4) is 23.2 Å². The third kappa shape index (κ3) is 4.08. The summed E-state index contributed by atoms with van der Waals surface area (Å²) in [5, 5.41) is 1.54. The number of aromatic amines is 1. The SMILES string of the molecule is Clc1ccc2c(c1)C[C@H](N1CCc3nc(-c4ccc(C#CC5CC5)cc4Cl)[nH]c3C1)CC2. The van der Waals surface area contributed by atoms with Gasteiger partial charge >= 0.3 is 0 Å². The Hall–Kier alpha value is -2.25. The number of hydrogen-bond donors (Lipinski definition) is 1. The molecule has 3 aromatic rings. The molecule has 1 aliphatic heterocycles. The molecule has 0 amide bonds. The van der Waals surface area contributed by atoms with Crippen molar-refractivity contribution in [1.82, 2.24) is 14.9 Å². The lowest BCUT2D eigenvalue weighted by molar-refractivity contribution is 0.160. The first-order valence-corrected chi connectivity index (χ1v) is 12.3. The molecule has 1 atom stereocenters. The number of H-pyrrole nitrogens is 1. The fourth-order valence-electron chi connectivity index (χ4n) is 4.97. The zero-order valence-electron chi connectivity index (χ0n) is 17.9. The van der Waals surface area contributed by atoms with Crippen LogP contribution in [0.4, 0.5) is 0 Å². The van der Waals surface area contributed by atoms with E-state index < -0.39 is 0 Å². The predicted octanol–water partition coefficient (Wildman–Crippen LogP) is 6.06. The van der Waals surface area contributed by atoms with E-state index in [0.717, 1.165) is 54.3 Å². The van der Waals surface area contributed by atoms with E-state index in [4.69, 9.17) is 28.2 Å². The van der Waals surface area contributed by atoms with E-state index >= 15 is 0 Å². The molecular formula is C27H25Cl2N3. The van der Waals surface area contributed by atoms with Crippen LogP contribution in [0.5, 0.6) is 0 Å². The summed E-state index contributed by atoms with van der Waals surface area (Å²) in [6, 6.07) is 13.0. The third-order valence-corrected chi connectivity index (χ3v) is 7.52. The van der Waals surface area contributed by atoms with E-state index in [1.54, 1.807) is 0 Å². The van der Waals surface area contributed by atoms with Gasteiger partial charge in [-0.3, -0.25) is 4.90 Å². The van der Waals surface area contributed by atoms with Gasteiger partial charge < -0.3 is 4.98 Å². The Labute approximate surface area is 199 Å². The van der Waals surface area contributed by atoms with Crippen LogP contribution in [-0.4, -0.2) is 27.5 Å². The van der Waals surface area contributed by atoms with Crippen molar-refractivity contribution in [2.45, 2.75) is 51.1 Å². The van der Waals surface area contributed by atoms with Crippen molar-refractivity contribution in [3.05, 3.63) is 74.5 Å². The van der Waals surface area contributed by atoms with E-state index in [-0.39, 0.29) is 0 Å². The van der Waals surface area contributed by atoms with E-state index in [2.05, 4.69) is 39.9 Å². The van der Waals surface area contributed by atoms with Crippen molar-refractivity contribution < 1.29 is 0 Å². The Kier molecular flexibility index (Phi) is 5.26. The molecular weight excluding hydrogens is 437 g/mol. The normalized spacial score (nSPS) is 20.2. The summed E-state index contributed by atoms with van der Waals surface area (Å²) in [6.45, 7) is 1.95. The molecule has 3 nitrogen and oxygen atoms in total. The average Bonchev–Trinajstić information content (AvgIpc) is 3.53. The molecule has 5 heteroatoms. The largest absolute Gasteiger partial charge is 0.340 e. The predicted molar refractivity (Wildman–Crippen MR) is 130 cm³/mol. The number of hydrogen-bond acceptors (Lipinski definition) is 2. The number of aromatic nitrogens is 2. The molecule has 0 unspecified atom stereocenters. The van der Waals surface area contributed by atoms with Gasteiger partial charge in [-0.25, -0.2) is 4.98 Å². The first-order chi connectivity index (χ1) is 15.6.